The molecule has 0 saturated carbocycles. The van der Waals surface area contributed by atoms with E-state index in [4.69, 9.17) is 20.9 Å². The van der Waals surface area contributed by atoms with Gasteiger partial charge in [-0.25, -0.2) is 0 Å². The topological polar surface area (TPSA) is 63.6 Å². The van der Waals surface area contributed by atoms with Crippen LogP contribution in [0.4, 0.5) is 0 Å². The molecule has 1 aromatic rings. The molecule has 0 heterocycles. The summed E-state index contributed by atoms with van der Waals surface area (Å²) >= 11 is 9.90. The molecule has 84 valence electrons. The molecule has 0 spiro atoms. The molecule has 0 amide bonds. The number of hydrogen-bond acceptors (Lipinski definition) is 3. The summed E-state index contributed by atoms with van der Waals surface area (Å²) in [6, 6.07) is 6.33. The van der Waals surface area contributed by atoms with Crippen molar-refractivity contribution < 1.29 is 17.7 Å². The lowest BCUT2D eigenvalue weighted by Gasteiger charge is -2.19. The van der Waals surface area contributed by atoms with Gasteiger partial charge in [-0.3, -0.25) is 4.55 Å². The molecule has 4 nitrogen and oxygen atoms in total. The van der Waals surface area contributed by atoms with Crippen LogP contribution in [0, 0.1) is 0 Å². The first kappa shape index (κ1) is 13.5. The van der Waals surface area contributed by atoms with Crippen LogP contribution in [-0.4, -0.2) is 14.8 Å². The van der Waals surface area contributed by atoms with E-state index in [1.54, 1.807) is 18.2 Å². The van der Waals surface area contributed by atoms with Crippen LogP contribution in [0.2, 0.25) is 5.02 Å². The van der Waals surface area contributed by atoms with Gasteiger partial charge < -0.3 is 4.74 Å². The Labute approximate surface area is 114 Å². The van der Waals surface area contributed by atoms with E-state index in [0.717, 1.165) is 0 Å². The number of para-hydroxylation sites is 1. The summed E-state index contributed by atoms with van der Waals surface area (Å²) in [5.74, 6) is 0.156. The van der Waals surface area contributed by atoms with Crippen LogP contribution in [0.5, 0.6) is 5.75 Å². The Morgan fingerprint density at radius 3 is 2.47 bits per heavy atom. The number of benzene rings is 1. The second-order valence-electron chi connectivity index (χ2n) is 2.47. The van der Waals surface area contributed by atoms with Gasteiger partial charge in [0.25, 0.3) is 0 Å². The molecule has 0 aliphatic heterocycles. The first-order valence-electron chi connectivity index (χ1n) is 3.52. The number of rotatable bonds is 3. The summed E-state index contributed by atoms with van der Waals surface area (Å²) < 4.78 is 33.7. The van der Waals surface area contributed by atoms with Gasteiger partial charge in [0.1, 0.15) is 5.75 Å². The van der Waals surface area contributed by atoms with Crippen LogP contribution in [0.25, 0.3) is 0 Å². The zero-order valence-electron chi connectivity index (χ0n) is 7.02. The summed E-state index contributed by atoms with van der Waals surface area (Å²) in [5, 5.41) is 0.252. The van der Waals surface area contributed by atoms with E-state index in [0.29, 0.717) is 0 Å². The quantitative estimate of drug-likeness (QED) is 0.458. The number of alkyl halides is 2. The Morgan fingerprint density at radius 1 is 1.47 bits per heavy atom. The Bertz CT molecular complexity index is 462. The van der Waals surface area contributed by atoms with Crippen molar-refractivity contribution >= 4 is 60.2 Å². The smallest absolute Gasteiger partial charge is 0.338 e. The molecule has 15 heavy (non-hydrogen) atoms. The largest absolute Gasteiger partial charge is 0.450 e. The molecule has 1 rings (SSSR count). The fraction of sp³-hybridized carbons (Fsp3) is 0.143. The minimum atomic E-state index is -4.39. The molecule has 1 atom stereocenters. The summed E-state index contributed by atoms with van der Waals surface area (Å²) in [5.41, 5.74) is 0. The van der Waals surface area contributed by atoms with E-state index in [1.165, 1.54) is 28.7 Å². The van der Waals surface area contributed by atoms with Crippen molar-refractivity contribution in [3.8, 4) is 5.75 Å². The van der Waals surface area contributed by atoms with E-state index in [9.17, 15) is 8.42 Å². The normalized spacial score (nSPS) is 15.7. The molecule has 0 saturated heterocycles. The van der Waals surface area contributed by atoms with Crippen molar-refractivity contribution in [3.63, 3.8) is 0 Å². The molecule has 0 aromatic heterocycles. The Balaban J connectivity index is 3.02. The highest BCUT2D eigenvalue weighted by molar-refractivity contribution is 14.1. The average Bonchev–Trinajstić information content (AvgIpc) is 2.06. The van der Waals surface area contributed by atoms with Gasteiger partial charge in [-0.2, -0.15) is 8.42 Å². The van der Waals surface area contributed by atoms with Crippen LogP contribution < -0.4 is 4.74 Å². The molecule has 1 aromatic carbocycles. The molecule has 0 aliphatic rings. The van der Waals surface area contributed by atoms with Crippen LogP contribution in [-0.2, 0) is 10.1 Å². The lowest BCUT2D eigenvalue weighted by atomic mass is 10.3. The maximum Gasteiger partial charge on any atom is 0.338 e. The second-order valence-corrected chi connectivity index (χ2v) is 9.78. The van der Waals surface area contributed by atoms with E-state index in [1.807, 2.05) is 0 Å². The van der Waals surface area contributed by atoms with Gasteiger partial charge in [0.15, 0.2) is 0 Å². The monoisotopic (exact) mass is 426 g/mol. The highest BCUT2D eigenvalue weighted by atomic mass is 127. The van der Waals surface area contributed by atoms with Crippen LogP contribution >= 0.6 is 50.1 Å². The Morgan fingerprint density at radius 2 is 2.00 bits per heavy atom. The molecular formula is C7H5BrClIO4S. The second kappa shape index (κ2) is 4.74. The molecule has 0 bridgehead atoms. The van der Waals surface area contributed by atoms with E-state index in [-0.39, 0.29) is 10.8 Å². The third kappa shape index (κ3) is 3.45. The summed E-state index contributed by atoms with van der Waals surface area (Å²) in [6.45, 7) is 0. The molecule has 8 heteroatoms. The maximum absolute atomic E-state index is 10.9. The molecule has 0 radical (unpaired) electrons. The van der Waals surface area contributed by atoms with Gasteiger partial charge >= 0.3 is 12.0 Å². The predicted octanol–water partition coefficient (Wildman–Crippen LogP) is 3.05. The van der Waals surface area contributed by atoms with Gasteiger partial charge in [-0.05, 0) is 28.1 Å². The zero-order valence-corrected chi connectivity index (χ0v) is 12.3. The highest BCUT2D eigenvalue weighted by Crippen LogP contribution is 2.37. The molecule has 0 fully saturated rings. The SMILES string of the molecule is O=S(=O)(O)C(Br)(I)Oc1ccccc1Cl. The number of hydrogen-bond donors (Lipinski definition) is 1. The van der Waals surface area contributed by atoms with Gasteiger partial charge in [0, 0.05) is 22.6 Å². The number of ether oxygens (including phenoxy) is 1. The van der Waals surface area contributed by atoms with Crippen LogP contribution in [0.15, 0.2) is 24.3 Å². The van der Waals surface area contributed by atoms with Crippen molar-refractivity contribution in [2.75, 3.05) is 0 Å². The van der Waals surface area contributed by atoms with Crippen molar-refractivity contribution in [3.05, 3.63) is 29.3 Å². The molecule has 1 N–H and O–H groups in total. The fourth-order valence-electron chi connectivity index (χ4n) is 0.708. The predicted molar refractivity (Wildman–Crippen MR) is 69.3 cm³/mol. The van der Waals surface area contributed by atoms with E-state index in [2.05, 4.69) is 15.9 Å². The Hall–Kier alpha value is 0.430. The fourth-order valence-corrected chi connectivity index (χ4v) is 1.49. The first-order chi connectivity index (χ1) is 6.74. The number of halogens is 3. The molecule has 0 aliphatic carbocycles. The summed E-state index contributed by atoms with van der Waals surface area (Å²) in [6.07, 6.45) is 0. The van der Waals surface area contributed by atoms with Crippen LogP contribution in [0.1, 0.15) is 0 Å². The summed E-state index contributed by atoms with van der Waals surface area (Å²) in [4.78, 5) is 0. The maximum atomic E-state index is 10.9. The van der Waals surface area contributed by atoms with Crippen molar-refractivity contribution in [1.82, 2.24) is 0 Å². The third-order valence-corrected chi connectivity index (χ3v) is 5.64. The van der Waals surface area contributed by atoms with E-state index < -0.39 is 12.0 Å². The van der Waals surface area contributed by atoms with E-state index >= 15 is 0 Å². The Kier molecular flexibility index (Phi) is 4.27. The lowest BCUT2D eigenvalue weighted by Crippen LogP contribution is -2.30. The molecule has 1 unspecified atom stereocenters. The minimum absolute atomic E-state index is 0.156. The minimum Gasteiger partial charge on any atom is -0.450 e. The standard InChI is InChI=1S/C7H5BrClIO4S/c8-7(10,15(11,12)13)14-6-4-2-1-3-5(6)9/h1-4H,(H,11,12,13). The van der Waals surface area contributed by atoms with Crippen molar-refractivity contribution in [2.24, 2.45) is 0 Å². The summed E-state index contributed by atoms with van der Waals surface area (Å²) in [7, 11) is -4.39. The average molecular weight is 427 g/mol. The third-order valence-electron chi connectivity index (χ3n) is 1.37. The van der Waals surface area contributed by atoms with Gasteiger partial charge in [-0.15, -0.1) is 0 Å². The van der Waals surface area contributed by atoms with Gasteiger partial charge in [0.05, 0.1) is 5.02 Å². The lowest BCUT2D eigenvalue weighted by molar-refractivity contribution is 0.321. The van der Waals surface area contributed by atoms with Crippen molar-refractivity contribution in [1.29, 1.82) is 0 Å². The zero-order chi connectivity index (χ0) is 11.7. The first-order valence-corrected chi connectivity index (χ1v) is 7.21. The van der Waals surface area contributed by atoms with Crippen LogP contribution in [0.3, 0.4) is 0 Å². The van der Waals surface area contributed by atoms with Gasteiger partial charge in [-0.1, -0.05) is 23.7 Å². The van der Waals surface area contributed by atoms with Gasteiger partial charge in [0.2, 0.25) is 0 Å². The van der Waals surface area contributed by atoms with Crippen molar-refractivity contribution in [2.45, 2.75) is 1.85 Å². The molecular weight excluding hydrogens is 422 g/mol. The highest BCUT2D eigenvalue weighted by Gasteiger charge is 2.40.